The minimum atomic E-state index is -0.201. The summed E-state index contributed by atoms with van der Waals surface area (Å²) in [4.78, 5) is 9.97. The highest BCUT2D eigenvalue weighted by atomic mass is 32.1. The van der Waals surface area contributed by atoms with Crippen molar-refractivity contribution in [2.24, 2.45) is 0 Å². The van der Waals surface area contributed by atoms with Crippen LogP contribution in [0, 0.1) is 0 Å². The Bertz CT molecular complexity index is 3760. The molecule has 14 rings (SSSR count). The summed E-state index contributed by atoms with van der Waals surface area (Å²) < 4.78 is 13.7. The first kappa shape index (κ1) is 39.8. The van der Waals surface area contributed by atoms with Crippen molar-refractivity contribution in [3.05, 3.63) is 250 Å². The summed E-state index contributed by atoms with van der Waals surface area (Å²) in [5.74, 6) is 1.85. The van der Waals surface area contributed by atoms with Gasteiger partial charge in [0.1, 0.15) is 11.5 Å². The third kappa shape index (κ3) is 6.86. The van der Waals surface area contributed by atoms with Crippen molar-refractivity contribution in [1.29, 1.82) is 0 Å². The van der Waals surface area contributed by atoms with Gasteiger partial charge in [0.15, 0.2) is 12.2 Å². The second-order valence-corrected chi connectivity index (χ2v) is 21.8. The SMILES string of the molecule is C1=C(c2ccc3ccccc3c2)c2c(ccc3ccccc23)OC1c1ccc(-c2ccc(-c3ccc(-c4ccc(C5C=C(c6ccc7ccccc7c6)c6c(ccc7ccccc67)O5)s4)s3)s2)s1. The molecule has 2 nitrogen and oxygen atoms in total. The molecule has 0 radical (unpaired) electrons. The summed E-state index contributed by atoms with van der Waals surface area (Å²) in [5.41, 5.74) is 7.15. The van der Waals surface area contributed by atoms with Crippen molar-refractivity contribution >= 4 is 99.6 Å². The lowest BCUT2D eigenvalue weighted by Crippen LogP contribution is -2.11. The van der Waals surface area contributed by atoms with Crippen molar-refractivity contribution in [2.75, 3.05) is 0 Å². The number of thiophene rings is 4. The molecule has 8 aromatic carbocycles. The molecular formula is C62H38O2S4. The zero-order chi connectivity index (χ0) is 44.7. The van der Waals surface area contributed by atoms with Gasteiger partial charge in [-0.25, -0.2) is 0 Å². The molecule has 6 heterocycles. The molecule has 0 amide bonds. The normalized spacial score (nSPS) is 15.5. The van der Waals surface area contributed by atoms with E-state index in [2.05, 4.69) is 218 Å². The molecule has 322 valence electrons. The van der Waals surface area contributed by atoms with Crippen LogP contribution in [0.15, 0.2) is 218 Å². The van der Waals surface area contributed by atoms with Gasteiger partial charge in [-0.05, 0) is 150 Å². The van der Waals surface area contributed by atoms with E-state index in [0.29, 0.717) is 0 Å². The van der Waals surface area contributed by atoms with E-state index >= 15 is 0 Å². The minimum Gasteiger partial charge on any atom is -0.480 e. The van der Waals surface area contributed by atoms with Gasteiger partial charge in [0, 0.05) is 50.1 Å². The van der Waals surface area contributed by atoms with E-state index in [1.165, 1.54) is 104 Å². The largest absolute Gasteiger partial charge is 0.480 e. The van der Waals surface area contributed by atoms with Crippen LogP contribution in [0.25, 0.3) is 83.5 Å². The van der Waals surface area contributed by atoms with Gasteiger partial charge in [-0.2, -0.15) is 0 Å². The number of fused-ring (bicyclic) bond motifs is 8. The van der Waals surface area contributed by atoms with Crippen molar-refractivity contribution < 1.29 is 9.47 Å². The van der Waals surface area contributed by atoms with Gasteiger partial charge < -0.3 is 9.47 Å². The van der Waals surface area contributed by atoms with E-state index in [4.69, 9.17) is 9.47 Å². The molecule has 0 fully saturated rings. The summed E-state index contributed by atoms with van der Waals surface area (Å²) in [6.45, 7) is 0. The number of rotatable bonds is 7. The molecule has 0 saturated carbocycles. The van der Waals surface area contributed by atoms with Gasteiger partial charge in [0.2, 0.25) is 0 Å². The van der Waals surface area contributed by atoms with Gasteiger partial charge in [0.05, 0.1) is 0 Å². The fourth-order valence-electron chi connectivity index (χ4n) is 10.0. The predicted octanol–water partition coefficient (Wildman–Crippen LogP) is 18.7. The first-order valence-corrected chi connectivity index (χ1v) is 26.1. The average Bonchev–Trinajstić information content (AvgIpc) is 4.26. The number of benzene rings is 8. The van der Waals surface area contributed by atoms with Crippen LogP contribution in [0.1, 0.15) is 44.2 Å². The maximum Gasteiger partial charge on any atom is 0.152 e. The van der Waals surface area contributed by atoms with E-state index in [9.17, 15) is 0 Å². The first-order chi connectivity index (χ1) is 33.6. The van der Waals surface area contributed by atoms with Crippen molar-refractivity contribution in [1.82, 2.24) is 0 Å². The molecule has 2 unspecified atom stereocenters. The topological polar surface area (TPSA) is 18.5 Å². The van der Waals surface area contributed by atoms with Crippen LogP contribution in [0.3, 0.4) is 0 Å². The fraction of sp³-hybridized carbons (Fsp3) is 0.0323. The number of ether oxygens (including phenoxy) is 2. The summed E-state index contributed by atoms with van der Waals surface area (Å²) in [5, 5.41) is 9.79. The Kier molecular flexibility index (Phi) is 9.48. The van der Waals surface area contributed by atoms with Crippen LogP contribution in [0.2, 0.25) is 0 Å². The van der Waals surface area contributed by atoms with Crippen LogP contribution in [0.4, 0.5) is 0 Å². The third-order valence-corrected chi connectivity index (χ3v) is 18.4. The molecular weight excluding hydrogens is 905 g/mol. The van der Waals surface area contributed by atoms with Crippen molar-refractivity contribution in [2.45, 2.75) is 12.2 Å². The first-order valence-electron chi connectivity index (χ1n) is 22.8. The Hall–Kier alpha value is -7.32. The molecule has 0 bridgehead atoms. The van der Waals surface area contributed by atoms with Crippen LogP contribution in [-0.4, -0.2) is 0 Å². The van der Waals surface area contributed by atoms with Crippen molar-refractivity contribution in [3.63, 3.8) is 0 Å². The lowest BCUT2D eigenvalue weighted by atomic mass is 9.88. The summed E-state index contributed by atoms with van der Waals surface area (Å²) in [6.07, 6.45) is 4.26. The van der Waals surface area contributed by atoms with E-state index in [1.807, 2.05) is 45.3 Å². The van der Waals surface area contributed by atoms with Gasteiger partial charge in [0.25, 0.3) is 0 Å². The minimum absolute atomic E-state index is 0.201. The highest BCUT2D eigenvalue weighted by Gasteiger charge is 2.28. The molecule has 0 spiro atoms. The molecule has 12 aromatic rings. The van der Waals surface area contributed by atoms with E-state index in [0.717, 1.165) is 22.6 Å². The summed E-state index contributed by atoms with van der Waals surface area (Å²) in [7, 11) is 0. The highest BCUT2D eigenvalue weighted by molar-refractivity contribution is 7.28. The number of hydrogen-bond donors (Lipinski definition) is 0. The second kappa shape index (κ2) is 16.2. The summed E-state index contributed by atoms with van der Waals surface area (Å²) >= 11 is 7.36. The lowest BCUT2D eigenvalue weighted by molar-refractivity contribution is 0.255. The molecule has 0 N–H and O–H groups in total. The standard InChI is InChI=1S/C62H38O2S4/c1-3-13-41-33-43(19-17-37(41)9-1)47-35-51(63-49-23-21-39-11-5-7-15-45(39)61(47)49)53-25-27-55(65-53)57-29-31-59(67-57)60-32-30-58(68-60)56-28-26-54(66-56)52-36-48(44-20-18-38-10-2-4-14-42(38)34-44)62-46-16-8-6-12-40(46)22-24-50(62)64-52/h1-36,51-52H. The zero-order valence-corrected chi connectivity index (χ0v) is 39.7. The Morgan fingerprint density at radius 3 is 1.09 bits per heavy atom. The Balaban J connectivity index is 0.747. The quantitative estimate of drug-likeness (QED) is 0.159. The average molecular weight is 943 g/mol. The predicted molar refractivity (Wildman–Crippen MR) is 291 cm³/mol. The van der Waals surface area contributed by atoms with Gasteiger partial charge in [-0.15, -0.1) is 45.3 Å². The van der Waals surface area contributed by atoms with Gasteiger partial charge in [-0.1, -0.05) is 133 Å². The maximum absolute atomic E-state index is 6.87. The van der Waals surface area contributed by atoms with E-state index in [-0.39, 0.29) is 12.2 Å². The molecule has 2 atom stereocenters. The highest BCUT2D eigenvalue weighted by Crippen LogP contribution is 2.50. The fourth-order valence-corrected chi connectivity index (χ4v) is 14.3. The molecule has 68 heavy (non-hydrogen) atoms. The van der Waals surface area contributed by atoms with Crippen LogP contribution < -0.4 is 9.47 Å². The molecule has 2 aliphatic rings. The van der Waals surface area contributed by atoms with E-state index < -0.39 is 0 Å². The Morgan fingerprint density at radius 2 is 0.647 bits per heavy atom. The number of hydrogen-bond acceptors (Lipinski definition) is 6. The lowest BCUT2D eigenvalue weighted by Gasteiger charge is -2.27. The Labute approximate surface area is 409 Å². The van der Waals surface area contributed by atoms with Crippen LogP contribution >= 0.6 is 45.3 Å². The van der Waals surface area contributed by atoms with Crippen LogP contribution in [-0.2, 0) is 0 Å². The molecule has 0 aliphatic carbocycles. The molecule has 2 aliphatic heterocycles. The molecule has 6 heteroatoms. The van der Waals surface area contributed by atoms with Crippen LogP contribution in [0.5, 0.6) is 11.5 Å². The van der Waals surface area contributed by atoms with Gasteiger partial charge in [-0.3, -0.25) is 0 Å². The third-order valence-electron chi connectivity index (χ3n) is 13.3. The summed E-state index contributed by atoms with van der Waals surface area (Å²) in [6, 6.07) is 74.9. The van der Waals surface area contributed by atoms with Gasteiger partial charge >= 0.3 is 0 Å². The Morgan fingerprint density at radius 1 is 0.294 bits per heavy atom. The molecule has 0 saturated heterocycles. The van der Waals surface area contributed by atoms with E-state index in [1.54, 1.807) is 0 Å². The molecule has 4 aromatic heterocycles. The second-order valence-electron chi connectivity index (χ2n) is 17.4. The maximum atomic E-state index is 6.87. The monoisotopic (exact) mass is 942 g/mol. The zero-order valence-electron chi connectivity index (χ0n) is 36.4. The van der Waals surface area contributed by atoms with Crippen molar-refractivity contribution in [3.8, 4) is 40.8 Å². The smallest absolute Gasteiger partial charge is 0.152 e.